The van der Waals surface area contributed by atoms with Gasteiger partial charge in [-0.3, -0.25) is 14.4 Å². The van der Waals surface area contributed by atoms with Crippen LogP contribution in [-0.2, 0) is 19.1 Å². The fraction of sp³-hybridized carbons (Fsp3) is 0.741. The van der Waals surface area contributed by atoms with Gasteiger partial charge in [-0.2, -0.15) is 0 Å². The van der Waals surface area contributed by atoms with Crippen LogP contribution in [0.1, 0.15) is 60.3 Å². The number of unbranched alkanes of at least 4 members (excludes halogenated alkanes) is 2. The van der Waals surface area contributed by atoms with Crippen molar-refractivity contribution in [3.05, 3.63) is 24.3 Å². The Labute approximate surface area is 208 Å². The van der Waals surface area contributed by atoms with E-state index in [1.165, 1.54) is 0 Å². The summed E-state index contributed by atoms with van der Waals surface area (Å²) in [5.41, 5.74) is -2.60. The summed E-state index contributed by atoms with van der Waals surface area (Å²) in [6.45, 7) is 11.9. The summed E-state index contributed by atoms with van der Waals surface area (Å²) in [4.78, 5) is 47.4. The van der Waals surface area contributed by atoms with E-state index in [0.29, 0.717) is 39.0 Å². The molecule has 2 saturated heterocycles. The minimum Gasteiger partial charge on any atom is -0.396 e. The van der Waals surface area contributed by atoms with Crippen LogP contribution in [0.25, 0.3) is 0 Å². The molecule has 0 aromatic carbocycles. The van der Waals surface area contributed by atoms with E-state index in [0.717, 1.165) is 12.8 Å². The highest BCUT2D eigenvalue weighted by Gasteiger charge is 2.74. The van der Waals surface area contributed by atoms with Crippen molar-refractivity contribution in [3.8, 4) is 0 Å². The Morgan fingerprint density at radius 2 is 1.69 bits per heavy atom. The maximum Gasteiger partial charge on any atom is 0.249 e. The normalized spacial score (nSPS) is 34.7. The number of likely N-dealkylation sites (tertiary alicyclic amines) is 1. The first-order chi connectivity index (χ1) is 16.5. The molecule has 0 saturated carbocycles. The molecule has 0 aliphatic carbocycles. The average molecular weight is 488 g/mol. The van der Waals surface area contributed by atoms with Gasteiger partial charge < -0.3 is 24.5 Å². The zero-order chi connectivity index (χ0) is 25.6. The Balaban J connectivity index is 1.81. The number of rotatable bonds is 7. The molecule has 0 aromatic rings. The number of amides is 3. The number of hydrogen-bond donors (Lipinski definition) is 1. The lowest BCUT2D eigenvalue weighted by Gasteiger charge is -2.41. The summed E-state index contributed by atoms with van der Waals surface area (Å²) in [5, 5.41) is 9.19. The second-order valence-electron chi connectivity index (χ2n) is 11.5. The molecule has 0 radical (unpaired) electrons. The molecule has 0 aromatic heterocycles. The summed E-state index contributed by atoms with van der Waals surface area (Å²) < 4.78 is 6.81. The number of aliphatic hydroxyl groups is 1. The van der Waals surface area contributed by atoms with E-state index in [2.05, 4.69) is 0 Å². The predicted molar refractivity (Wildman–Crippen MR) is 132 cm³/mol. The Morgan fingerprint density at radius 3 is 2.34 bits per heavy atom. The number of fused-ring (bicyclic) bond motifs is 2. The maximum atomic E-state index is 14.1. The first-order valence-electron chi connectivity index (χ1n) is 13.1. The monoisotopic (exact) mass is 487 g/mol. The van der Waals surface area contributed by atoms with Crippen molar-refractivity contribution < 1.29 is 24.2 Å². The van der Waals surface area contributed by atoms with E-state index in [9.17, 15) is 19.5 Å². The molecule has 1 spiro atoms. The summed E-state index contributed by atoms with van der Waals surface area (Å²) in [5.74, 6) is -1.84. The van der Waals surface area contributed by atoms with Gasteiger partial charge in [-0.15, -0.1) is 0 Å². The zero-order valence-electron chi connectivity index (χ0n) is 21.8. The average Bonchev–Trinajstić information content (AvgIpc) is 3.04. The van der Waals surface area contributed by atoms with Gasteiger partial charge in [-0.05, 0) is 53.4 Å². The van der Waals surface area contributed by atoms with Gasteiger partial charge in [-0.1, -0.05) is 31.2 Å². The van der Waals surface area contributed by atoms with Gasteiger partial charge in [0.2, 0.25) is 17.7 Å². The summed E-state index contributed by atoms with van der Waals surface area (Å²) >= 11 is 0. The van der Waals surface area contributed by atoms with Gasteiger partial charge in [0.1, 0.15) is 11.6 Å². The Bertz CT molecular complexity index is 924. The third-order valence-electron chi connectivity index (χ3n) is 8.00. The lowest BCUT2D eigenvalue weighted by Crippen LogP contribution is -2.59. The van der Waals surface area contributed by atoms with Crippen molar-refractivity contribution in [2.75, 3.05) is 32.8 Å². The number of nitrogens with zero attached hydrogens (tertiary/aromatic N) is 3. The van der Waals surface area contributed by atoms with Gasteiger partial charge in [0.25, 0.3) is 0 Å². The maximum absolute atomic E-state index is 14.1. The molecule has 4 heterocycles. The Hall–Kier alpha value is -2.19. The molecule has 194 valence electrons. The van der Waals surface area contributed by atoms with E-state index < -0.39 is 34.6 Å². The summed E-state index contributed by atoms with van der Waals surface area (Å²) in [6.07, 6.45) is 10.6. The van der Waals surface area contributed by atoms with Crippen molar-refractivity contribution in [1.82, 2.24) is 14.7 Å². The van der Waals surface area contributed by atoms with Crippen molar-refractivity contribution >= 4 is 17.7 Å². The quantitative estimate of drug-likeness (QED) is 0.439. The van der Waals surface area contributed by atoms with Crippen molar-refractivity contribution in [2.24, 2.45) is 11.8 Å². The van der Waals surface area contributed by atoms with Crippen LogP contribution < -0.4 is 0 Å². The molecule has 8 heteroatoms. The Morgan fingerprint density at radius 1 is 0.971 bits per heavy atom. The van der Waals surface area contributed by atoms with Gasteiger partial charge in [0, 0.05) is 38.3 Å². The third kappa shape index (κ3) is 4.12. The van der Waals surface area contributed by atoms with Gasteiger partial charge in [-0.25, -0.2) is 0 Å². The van der Waals surface area contributed by atoms with E-state index in [1.807, 2.05) is 63.8 Å². The smallest absolute Gasteiger partial charge is 0.249 e. The van der Waals surface area contributed by atoms with Crippen LogP contribution in [0.15, 0.2) is 24.3 Å². The van der Waals surface area contributed by atoms with Crippen molar-refractivity contribution in [1.29, 1.82) is 0 Å². The first-order valence-corrected chi connectivity index (χ1v) is 13.1. The van der Waals surface area contributed by atoms with Crippen LogP contribution >= 0.6 is 0 Å². The van der Waals surface area contributed by atoms with E-state index in [-0.39, 0.29) is 24.3 Å². The van der Waals surface area contributed by atoms with Gasteiger partial charge in [0.05, 0.1) is 17.4 Å². The zero-order valence-corrected chi connectivity index (χ0v) is 21.8. The first kappa shape index (κ1) is 25.9. The fourth-order valence-electron chi connectivity index (χ4n) is 6.46. The Kier molecular flexibility index (Phi) is 6.92. The third-order valence-corrected chi connectivity index (χ3v) is 8.00. The van der Waals surface area contributed by atoms with Crippen LogP contribution in [-0.4, -0.2) is 93.1 Å². The molecule has 8 nitrogen and oxygen atoms in total. The molecular formula is C27H41N3O5. The second-order valence-corrected chi connectivity index (χ2v) is 11.5. The van der Waals surface area contributed by atoms with E-state index in [1.54, 1.807) is 9.80 Å². The highest BCUT2D eigenvalue weighted by atomic mass is 16.5. The molecule has 3 amide bonds. The number of carbonyl (C=O) groups excluding carboxylic acids is 3. The molecule has 1 N–H and O–H groups in total. The highest BCUT2D eigenvalue weighted by molar-refractivity contribution is 6.00. The molecular weight excluding hydrogens is 446 g/mol. The van der Waals surface area contributed by atoms with Crippen LogP contribution in [0.5, 0.6) is 0 Å². The fourth-order valence-corrected chi connectivity index (χ4v) is 6.46. The van der Waals surface area contributed by atoms with Crippen molar-refractivity contribution in [3.63, 3.8) is 0 Å². The molecule has 5 atom stereocenters. The van der Waals surface area contributed by atoms with Crippen molar-refractivity contribution in [2.45, 2.75) is 83.1 Å². The number of hydrogen-bond acceptors (Lipinski definition) is 5. The number of aliphatic hydroxyl groups excluding tert-OH is 1. The van der Waals surface area contributed by atoms with Crippen LogP contribution in [0.4, 0.5) is 0 Å². The van der Waals surface area contributed by atoms with E-state index in [4.69, 9.17) is 4.74 Å². The SMILES string of the molecule is CCCN1CC=C[C@]2(C)O[C@]34C=CCN(C(C)(C)C)C(=O)C3N(CCCCCO)C(=O)[C@@H]4[C@@H]2C1=O. The standard InChI is InChI=1S/C27H41N3O5/c1-6-14-28-15-10-12-26(5)19(22(28)32)20-23(33)29(16-8-7-9-18-31)21-24(34)30(25(2,3)4)17-11-13-27(20,21)35-26/h10-13,19-21,31H,6-9,14-18H2,1-5H3/t19-,20+,21?,26+,27+/m1/s1. The topological polar surface area (TPSA) is 90.4 Å². The van der Waals surface area contributed by atoms with Gasteiger partial charge in [0.15, 0.2) is 0 Å². The molecule has 35 heavy (non-hydrogen) atoms. The molecule has 1 unspecified atom stereocenters. The van der Waals surface area contributed by atoms with Crippen LogP contribution in [0, 0.1) is 11.8 Å². The lowest BCUT2D eigenvalue weighted by molar-refractivity contribution is -0.155. The van der Waals surface area contributed by atoms with Crippen LogP contribution in [0.2, 0.25) is 0 Å². The highest BCUT2D eigenvalue weighted by Crippen LogP contribution is 2.57. The number of carbonyl (C=O) groups is 3. The second kappa shape index (κ2) is 9.36. The largest absolute Gasteiger partial charge is 0.396 e. The number of ether oxygens (including phenoxy) is 1. The van der Waals surface area contributed by atoms with E-state index >= 15 is 0 Å². The predicted octanol–water partition coefficient (Wildman–Crippen LogP) is 2.13. The lowest BCUT2D eigenvalue weighted by atomic mass is 9.74. The summed E-state index contributed by atoms with van der Waals surface area (Å²) in [7, 11) is 0. The minimum absolute atomic E-state index is 0.0757. The molecule has 4 aliphatic rings. The van der Waals surface area contributed by atoms with Gasteiger partial charge >= 0.3 is 0 Å². The van der Waals surface area contributed by atoms with Crippen LogP contribution in [0.3, 0.4) is 0 Å². The molecule has 0 bridgehead atoms. The molecule has 2 fully saturated rings. The molecule has 4 rings (SSSR count). The summed E-state index contributed by atoms with van der Waals surface area (Å²) in [6, 6.07) is -0.823. The minimum atomic E-state index is -1.19. The molecule has 4 aliphatic heterocycles.